The monoisotopic (exact) mass is 542 g/mol. The van der Waals surface area contributed by atoms with E-state index in [4.69, 9.17) is 9.47 Å². The standard InChI is InChI=1S/C36H46O4/c1-21-10-12-27-25(15-21)33-30(38)19-24(20-32(33)39-35(27,4)5)9-7-8-14-36(6)28-13-11-22(2)16-26(28)34-29(37)17-23(3)18-31(34)40-36/h15-20,25-28,37-38H,7-14H2,1-6H3/t25-,26-,27-,28-,36?/m1/s1. The van der Waals surface area contributed by atoms with Crippen molar-refractivity contribution < 1.29 is 19.7 Å². The fraction of sp³-hybridized carbons (Fsp3) is 0.556. The van der Waals surface area contributed by atoms with E-state index >= 15 is 0 Å². The summed E-state index contributed by atoms with van der Waals surface area (Å²) in [5.74, 6) is 3.59. The van der Waals surface area contributed by atoms with Crippen molar-refractivity contribution in [3.63, 3.8) is 0 Å². The second-order valence-electron chi connectivity index (χ2n) is 13.9. The van der Waals surface area contributed by atoms with E-state index in [2.05, 4.69) is 58.9 Å². The Morgan fingerprint density at radius 2 is 1.35 bits per heavy atom. The van der Waals surface area contributed by atoms with Gasteiger partial charge in [-0.25, -0.2) is 0 Å². The predicted molar refractivity (Wildman–Crippen MR) is 161 cm³/mol. The normalized spacial score (nSPS) is 29.9. The third-order valence-electron chi connectivity index (χ3n) is 10.4. The molecule has 0 fully saturated rings. The van der Waals surface area contributed by atoms with Crippen LogP contribution in [0.3, 0.4) is 0 Å². The summed E-state index contributed by atoms with van der Waals surface area (Å²) >= 11 is 0. The van der Waals surface area contributed by atoms with Gasteiger partial charge < -0.3 is 19.7 Å². The largest absolute Gasteiger partial charge is 0.507 e. The molecule has 5 atom stereocenters. The van der Waals surface area contributed by atoms with Gasteiger partial charge in [0, 0.05) is 34.8 Å². The quantitative estimate of drug-likeness (QED) is 0.292. The third-order valence-corrected chi connectivity index (χ3v) is 10.4. The molecule has 40 heavy (non-hydrogen) atoms. The summed E-state index contributed by atoms with van der Waals surface area (Å²) in [6.45, 7) is 13.1. The molecule has 2 heterocycles. The van der Waals surface area contributed by atoms with Gasteiger partial charge in [-0.3, -0.25) is 0 Å². The number of fused-ring (bicyclic) bond motifs is 6. The van der Waals surface area contributed by atoms with Gasteiger partial charge in [0.25, 0.3) is 0 Å². The third kappa shape index (κ3) is 4.72. The SMILES string of the molecule is CC1=C[C@H]2c3c(O)cc(CCCCC4(C)Oc5cc(C)cc(O)c5[C@@H]5C=C(C)CC[C@H]54)cc3OC(C)(C)[C@@H]2CC1. The molecule has 2 aliphatic carbocycles. The molecule has 0 spiro atoms. The molecule has 4 nitrogen and oxygen atoms in total. The lowest BCUT2D eigenvalue weighted by Crippen LogP contribution is -2.47. The van der Waals surface area contributed by atoms with Gasteiger partial charge in [-0.2, -0.15) is 0 Å². The zero-order valence-corrected chi connectivity index (χ0v) is 25.1. The van der Waals surface area contributed by atoms with Crippen LogP contribution in [0.25, 0.3) is 0 Å². The molecule has 2 N–H and O–H groups in total. The zero-order chi connectivity index (χ0) is 28.4. The Morgan fingerprint density at radius 3 is 2.05 bits per heavy atom. The molecule has 0 aromatic heterocycles. The minimum atomic E-state index is -0.277. The van der Waals surface area contributed by atoms with Crippen LogP contribution in [0.5, 0.6) is 23.0 Å². The number of aryl methyl sites for hydroxylation is 2. The number of hydrogen-bond donors (Lipinski definition) is 2. The smallest absolute Gasteiger partial charge is 0.127 e. The van der Waals surface area contributed by atoms with Crippen LogP contribution in [0, 0.1) is 18.8 Å². The van der Waals surface area contributed by atoms with E-state index in [9.17, 15) is 10.2 Å². The summed E-state index contributed by atoms with van der Waals surface area (Å²) in [5.41, 5.74) is 6.38. The van der Waals surface area contributed by atoms with Crippen molar-refractivity contribution in [2.45, 2.75) is 116 Å². The number of allylic oxidation sites excluding steroid dienone is 4. The number of hydrogen-bond acceptors (Lipinski definition) is 4. The summed E-state index contributed by atoms with van der Waals surface area (Å²) in [6, 6.07) is 8.10. The summed E-state index contributed by atoms with van der Waals surface area (Å²) in [7, 11) is 0. The van der Waals surface area contributed by atoms with Crippen LogP contribution in [0.1, 0.15) is 114 Å². The average molecular weight is 543 g/mol. The van der Waals surface area contributed by atoms with E-state index in [0.717, 1.165) is 85.1 Å². The molecule has 2 aromatic rings. The van der Waals surface area contributed by atoms with E-state index < -0.39 is 0 Å². The Hall–Kier alpha value is -2.88. The molecule has 0 radical (unpaired) electrons. The fourth-order valence-corrected chi connectivity index (χ4v) is 8.30. The predicted octanol–water partition coefficient (Wildman–Crippen LogP) is 9.02. The number of phenolic OH excluding ortho intramolecular Hbond substituents is 2. The maximum atomic E-state index is 11.2. The molecule has 1 unspecified atom stereocenters. The molecular weight excluding hydrogens is 496 g/mol. The highest BCUT2D eigenvalue weighted by Gasteiger charge is 2.48. The second kappa shape index (κ2) is 9.89. The van der Waals surface area contributed by atoms with Gasteiger partial charge in [-0.05, 0) is 128 Å². The molecule has 0 saturated carbocycles. The number of rotatable bonds is 5. The maximum Gasteiger partial charge on any atom is 0.127 e. The maximum absolute atomic E-state index is 11.2. The second-order valence-corrected chi connectivity index (χ2v) is 13.9. The molecule has 2 aliphatic heterocycles. The molecule has 0 bridgehead atoms. The number of unbranched alkanes of at least 4 members (excludes halogenated alkanes) is 1. The first-order chi connectivity index (χ1) is 18.9. The lowest BCUT2D eigenvalue weighted by atomic mass is 9.66. The van der Waals surface area contributed by atoms with Crippen molar-refractivity contribution in [1.29, 1.82) is 0 Å². The van der Waals surface area contributed by atoms with Gasteiger partial charge in [0.2, 0.25) is 0 Å². The number of ether oxygens (including phenoxy) is 2. The molecule has 6 rings (SSSR count). The summed E-state index contributed by atoms with van der Waals surface area (Å²) in [4.78, 5) is 0. The highest BCUT2D eigenvalue weighted by molar-refractivity contribution is 5.55. The van der Waals surface area contributed by atoms with E-state index in [-0.39, 0.29) is 23.0 Å². The van der Waals surface area contributed by atoms with Gasteiger partial charge in [-0.15, -0.1) is 0 Å². The fourth-order valence-electron chi connectivity index (χ4n) is 8.30. The zero-order valence-electron chi connectivity index (χ0n) is 25.1. The lowest BCUT2D eigenvalue weighted by molar-refractivity contribution is -0.0148. The van der Waals surface area contributed by atoms with Crippen molar-refractivity contribution in [3.05, 3.63) is 69.8 Å². The highest BCUT2D eigenvalue weighted by atomic mass is 16.5. The Labute approximate surface area is 240 Å². The molecule has 2 aromatic carbocycles. The van der Waals surface area contributed by atoms with Crippen LogP contribution in [0.2, 0.25) is 0 Å². The summed E-state index contributed by atoms with van der Waals surface area (Å²) in [6.07, 6.45) is 13.0. The van der Waals surface area contributed by atoms with Crippen molar-refractivity contribution in [2.24, 2.45) is 11.8 Å². The Balaban J connectivity index is 1.18. The minimum Gasteiger partial charge on any atom is -0.507 e. The first-order valence-corrected chi connectivity index (χ1v) is 15.4. The Kier molecular flexibility index (Phi) is 6.75. The lowest BCUT2D eigenvalue weighted by Gasteiger charge is -2.48. The van der Waals surface area contributed by atoms with Crippen LogP contribution in [-0.2, 0) is 6.42 Å². The molecule has 4 heteroatoms. The van der Waals surface area contributed by atoms with Gasteiger partial charge in [-0.1, -0.05) is 23.3 Å². The van der Waals surface area contributed by atoms with E-state index in [0.29, 0.717) is 23.3 Å². The number of phenols is 2. The summed E-state index contributed by atoms with van der Waals surface area (Å²) < 4.78 is 13.3. The molecular formula is C36H46O4. The van der Waals surface area contributed by atoms with E-state index in [1.807, 2.05) is 19.1 Å². The summed E-state index contributed by atoms with van der Waals surface area (Å²) in [5, 5.41) is 22.0. The van der Waals surface area contributed by atoms with Gasteiger partial charge in [0.1, 0.15) is 34.2 Å². The van der Waals surface area contributed by atoms with Crippen LogP contribution in [0.15, 0.2) is 47.6 Å². The first kappa shape index (κ1) is 27.3. The van der Waals surface area contributed by atoms with E-state index in [1.165, 1.54) is 11.1 Å². The van der Waals surface area contributed by atoms with Crippen LogP contribution in [-0.4, -0.2) is 21.4 Å². The number of aromatic hydroxyl groups is 2. The number of benzene rings is 2. The minimum absolute atomic E-state index is 0.197. The van der Waals surface area contributed by atoms with Gasteiger partial charge >= 0.3 is 0 Å². The van der Waals surface area contributed by atoms with Gasteiger partial charge in [0.15, 0.2) is 0 Å². The van der Waals surface area contributed by atoms with Crippen LogP contribution < -0.4 is 9.47 Å². The molecule has 0 saturated heterocycles. The average Bonchev–Trinajstić information content (AvgIpc) is 2.85. The van der Waals surface area contributed by atoms with E-state index in [1.54, 1.807) is 0 Å². The van der Waals surface area contributed by atoms with Crippen LogP contribution >= 0.6 is 0 Å². The van der Waals surface area contributed by atoms with Crippen LogP contribution in [0.4, 0.5) is 0 Å². The van der Waals surface area contributed by atoms with Crippen molar-refractivity contribution in [3.8, 4) is 23.0 Å². The Bertz CT molecular complexity index is 1380. The van der Waals surface area contributed by atoms with Crippen molar-refractivity contribution in [1.82, 2.24) is 0 Å². The molecule has 4 aliphatic rings. The van der Waals surface area contributed by atoms with Crippen molar-refractivity contribution >= 4 is 0 Å². The van der Waals surface area contributed by atoms with Crippen molar-refractivity contribution in [2.75, 3.05) is 0 Å². The highest BCUT2D eigenvalue weighted by Crippen LogP contribution is 2.55. The molecule has 0 amide bonds. The first-order valence-electron chi connectivity index (χ1n) is 15.4. The molecule has 214 valence electrons. The Morgan fingerprint density at radius 1 is 0.750 bits per heavy atom. The van der Waals surface area contributed by atoms with Gasteiger partial charge in [0.05, 0.1) is 0 Å². The topological polar surface area (TPSA) is 58.9 Å².